The van der Waals surface area contributed by atoms with Gasteiger partial charge in [0.05, 0.1) is 19.8 Å². The predicted octanol–water partition coefficient (Wildman–Crippen LogP) is 1.65. The SMILES string of the molecule is CCCC(CO)(CCC)N1CCOCC1. The van der Waals surface area contributed by atoms with E-state index < -0.39 is 0 Å². The van der Waals surface area contributed by atoms with Gasteiger partial charge in [0.25, 0.3) is 0 Å². The average Bonchev–Trinajstić information content (AvgIpc) is 2.30. The smallest absolute Gasteiger partial charge is 0.0615 e. The van der Waals surface area contributed by atoms with Crippen LogP contribution in [-0.2, 0) is 4.74 Å². The van der Waals surface area contributed by atoms with E-state index in [2.05, 4.69) is 18.7 Å². The summed E-state index contributed by atoms with van der Waals surface area (Å²) < 4.78 is 5.37. The fourth-order valence-electron chi connectivity index (χ4n) is 2.67. The Hall–Kier alpha value is -0.120. The van der Waals surface area contributed by atoms with Crippen LogP contribution in [0.15, 0.2) is 0 Å². The number of rotatable bonds is 6. The van der Waals surface area contributed by atoms with Crippen LogP contribution in [-0.4, -0.2) is 48.5 Å². The summed E-state index contributed by atoms with van der Waals surface area (Å²) in [4.78, 5) is 2.43. The van der Waals surface area contributed by atoms with E-state index in [4.69, 9.17) is 4.74 Å². The highest BCUT2D eigenvalue weighted by molar-refractivity contribution is 4.90. The maximum absolute atomic E-state index is 9.71. The molecule has 90 valence electrons. The Balaban J connectivity index is 2.66. The molecule has 0 atom stereocenters. The quantitative estimate of drug-likeness (QED) is 0.731. The lowest BCUT2D eigenvalue weighted by atomic mass is 9.87. The van der Waals surface area contributed by atoms with Gasteiger partial charge < -0.3 is 9.84 Å². The molecule has 3 heteroatoms. The number of morpholine rings is 1. The van der Waals surface area contributed by atoms with Crippen molar-refractivity contribution >= 4 is 0 Å². The van der Waals surface area contributed by atoms with Gasteiger partial charge in [0.15, 0.2) is 0 Å². The third-order valence-corrected chi connectivity index (χ3v) is 3.41. The second-order valence-corrected chi connectivity index (χ2v) is 4.48. The van der Waals surface area contributed by atoms with E-state index in [9.17, 15) is 5.11 Å². The number of hydrogen-bond acceptors (Lipinski definition) is 3. The number of aliphatic hydroxyl groups is 1. The normalized spacial score (nSPS) is 19.4. The first-order chi connectivity index (χ1) is 7.29. The highest BCUT2D eigenvalue weighted by Crippen LogP contribution is 2.27. The monoisotopic (exact) mass is 215 g/mol. The fraction of sp³-hybridized carbons (Fsp3) is 1.00. The predicted molar refractivity (Wildman–Crippen MR) is 62.0 cm³/mol. The zero-order valence-corrected chi connectivity index (χ0v) is 10.2. The standard InChI is InChI=1S/C12H25NO2/c1-3-5-12(11-14,6-4-2)13-7-9-15-10-8-13/h14H,3-11H2,1-2H3. The maximum Gasteiger partial charge on any atom is 0.0615 e. The molecule has 0 aromatic heterocycles. The molecule has 1 fully saturated rings. The zero-order chi connectivity index (χ0) is 11.1. The Morgan fingerprint density at radius 1 is 1.13 bits per heavy atom. The van der Waals surface area contributed by atoms with Crippen LogP contribution in [0.2, 0.25) is 0 Å². The Labute approximate surface area is 93.4 Å². The molecule has 1 aliphatic heterocycles. The highest BCUT2D eigenvalue weighted by Gasteiger charge is 2.35. The van der Waals surface area contributed by atoms with Crippen LogP contribution >= 0.6 is 0 Å². The van der Waals surface area contributed by atoms with Crippen molar-refractivity contribution in [2.75, 3.05) is 32.9 Å². The molecule has 15 heavy (non-hydrogen) atoms. The third-order valence-electron chi connectivity index (χ3n) is 3.41. The molecule has 0 aliphatic carbocycles. The van der Waals surface area contributed by atoms with Crippen LogP contribution < -0.4 is 0 Å². The van der Waals surface area contributed by atoms with E-state index in [-0.39, 0.29) is 12.1 Å². The molecule has 1 N–H and O–H groups in total. The van der Waals surface area contributed by atoms with Crippen molar-refractivity contribution in [2.45, 2.75) is 45.1 Å². The number of nitrogens with zero attached hydrogens (tertiary/aromatic N) is 1. The number of hydrogen-bond donors (Lipinski definition) is 1. The van der Waals surface area contributed by atoms with Crippen LogP contribution in [0.1, 0.15) is 39.5 Å². The molecule has 0 saturated carbocycles. The lowest BCUT2D eigenvalue weighted by Gasteiger charge is -2.45. The lowest BCUT2D eigenvalue weighted by Crippen LogP contribution is -2.55. The third kappa shape index (κ3) is 3.16. The minimum atomic E-state index is 0.0211. The molecular weight excluding hydrogens is 190 g/mol. The summed E-state index contributed by atoms with van der Waals surface area (Å²) in [5, 5.41) is 9.71. The maximum atomic E-state index is 9.71. The Kier molecular flexibility index (Phi) is 5.58. The van der Waals surface area contributed by atoms with E-state index >= 15 is 0 Å². The van der Waals surface area contributed by atoms with Crippen LogP contribution in [0, 0.1) is 0 Å². The van der Waals surface area contributed by atoms with Gasteiger partial charge in [-0.1, -0.05) is 26.7 Å². The number of aliphatic hydroxyl groups excluding tert-OH is 1. The van der Waals surface area contributed by atoms with E-state index in [1.54, 1.807) is 0 Å². The van der Waals surface area contributed by atoms with Gasteiger partial charge in [-0.3, -0.25) is 4.90 Å². The summed E-state index contributed by atoms with van der Waals surface area (Å²) in [5.41, 5.74) is 0.0211. The molecule has 0 bridgehead atoms. The Bertz CT molecular complexity index is 161. The average molecular weight is 215 g/mol. The summed E-state index contributed by atoms with van der Waals surface area (Å²) in [6.45, 7) is 8.25. The summed E-state index contributed by atoms with van der Waals surface area (Å²) in [7, 11) is 0. The van der Waals surface area contributed by atoms with Gasteiger partial charge in [-0.15, -0.1) is 0 Å². The minimum absolute atomic E-state index is 0.0211. The van der Waals surface area contributed by atoms with Gasteiger partial charge in [0, 0.05) is 18.6 Å². The summed E-state index contributed by atoms with van der Waals surface area (Å²) in [6.07, 6.45) is 4.46. The molecule has 0 aromatic rings. The molecule has 1 saturated heterocycles. The van der Waals surface area contributed by atoms with Crippen molar-refractivity contribution in [3.63, 3.8) is 0 Å². The van der Waals surface area contributed by atoms with Crippen LogP contribution in [0.25, 0.3) is 0 Å². The zero-order valence-electron chi connectivity index (χ0n) is 10.2. The molecule has 1 heterocycles. The molecule has 0 unspecified atom stereocenters. The molecule has 0 radical (unpaired) electrons. The summed E-state index contributed by atoms with van der Waals surface area (Å²) >= 11 is 0. The fourth-order valence-corrected chi connectivity index (χ4v) is 2.67. The van der Waals surface area contributed by atoms with E-state index in [0.29, 0.717) is 0 Å². The van der Waals surface area contributed by atoms with E-state index in [1.807, 2.05) is 0 Å². The van der Waals surface area contributed by atoms with Crippen LogP contribution in [0.4, 0.5) is 0 Å². The molecule has 0 spiro atoms. The second kappa shape index (κ2) is 6.46. The van der Waals surface area contributed by atoms with Crippen molar-refractivity contribution in [3.8, 4) is 0 Å². The molecule has 0 amide bonds. The van der Waals surface area contributed by atoms with E-state index in [1.165, 1.54) is 0 Å². The lowest BCUT2D eigenvalue weighted by molar-refractivity contribution is -0.0522. The van der Waals surface area contributed by atoms with Crippen LogP contribution in [0.3, 0.4) is 0 Å². The van der Waals surface area contributed by atoms with Gasteiger partial charge in [0.2, 0.25) is 0 Å². The summed E-state index contributed by atoms with van der Waals surface area (Å²) in [6, 6.07) is 0. The largest absolute Gasteiger partial charge is 0.394 e. The summed E-state index contributed by atoms with van der Waals surface area (Å²) in [5.74, 6) is 0. The molecule has 3 nitrogen and oxygen atoms in total. The first-order valence-electron chi connectivity index (χ1n) is 6.22. The molecule has 1 aliphatic rings. The van der Waals surface area contributed by atoms with Crippen LogP contribution in [0.5, 0.6) is 0 Å². The van der Waals surface area contributed by atoms with Gasteiger partial charge in [-0.2, -0.15) is 0 Å². The van der Waals surface area contributed by atoms with Gasteiger partial charge in [0.1, 0.15) is 0 Å². The molecule has 1 rings (SSSR count). The van der Waals surface area contributed by atoms with Gasteiger partial charge >= 0.3 is 0 Å². The van der Waals surface area contributed by atoms with Gasteiger partial charge in [-0.25, -0.2) is 0 Å². The highest BCUT2D eigenvalue weighted by atomic mass is 16.5. The first-order valence-corrected chi connectivity index (χ1v) is 6.22. The van der Waals surface area contributed by atoms with Crippen molar-refractivity contribution in [1.82, 2.24) is 4.90 Å². The minimum Gasteiger partial charge on any atom is -0.394 e. The number of ether oxygens (including phenoxy) is 1. The van der Waals surface area contributed by atoms with E-state index in [0.717, 1.165) is 52.0 Å². The van der Waals surface area contributed by atoms with Crippen molar-refractivity contribution in [1.29, 1.82) is 0 Å². The van der Waals surface area contributed by atoms with Crippen molar-refractivity contribution < 1.29 is 9.84 Å². The molecule has 0 aromatic carbocycles. The Morgan fingerprint density at radius 2 is 1.67 bits per heavy atom. The topological polar surface area (TPSA) is 32.7 Å². The van der Waals surface area contributed by atoms with Crippen molar-refractivity contribution in [2.24, 2.45) is 0 Å². The second-order valence-electron chi connectivity index (χ2n) is 4.48. The van der Waals surface area contributed by atoms with Crippen molar-refractivity contribution in [3.05, 3.63) is 0 Å². The first kappa shape index (κ1) is 12.9. The van der Waals surface area contributed by atoms with Gasteiger partial charge in [-0.05, 0) is 12.8 Å². The Morgan fingerprint density at radius 3 is 2.07 bits per heavy atom. The molecular formula is C12H25NO2.